The highest BCUT2D eigenvalue weighted by atomic mass is 16.5. The maximum absolute atomic E-state index is 12.5. The average molecular weight is 361 g/mol. The van der Waals surface area contributed by atoms with E-state index in [9.17, 15) is 4.79 Å². The van der Waals surface area contributed by atoms with Crippen molar-refractivity contribution in [2.24, 2.45) is 0 Å². The quantitative estimate of drug-likeness (QED) is 0.665. The lowest BCUT2D eigenvalue weighted by atomic mass is 10.1. The van der Waals surface area contributed by atoms with Crippen LogP contribution in [0.2, 0.25) is 0 Å². The molecule has 0 unspecified atom stereocenters. The maximum Gasteiger partial charge on any atom is 0.251 e. The summed E-state index contributed by atoms with van der Waals surface area (Å²) in [7, 11) is 1.65. The molecule has 0 aliphatic carbocycles. The summed E-state index contributed by atoms with van der Waals surface area (Å²) in [5.41, 5.74) is 3.73. The number of pyridine rings is 1. The summed E-state index contributed by atoms with van der Waals surface area (Å²) in [4.78, 5) is 16.7. The zero-order chi connectivity index (χ0) is 19.1. The highest BCUT2D eigenvalue weighted by Crippen LogP contribution is 2.18. The second-order valence-electron chi connectivity index (χ2n) is 6.24. The van der Waals surface area contributed by atoms with E-state index in [1.807, 2.05) is 55.5 Å². The summed E-state index contributed by atoms with van der Waals surface area (Å²) in [6.07, 6.45) is 2.34. The fourth-order valence-electron chi connectivity index (χ4n) is 2.83. The van der Waals surface area contributed by atoms with E-state index in [0.29, 0.717) is 24.3 Å². The Morgan fingerprint density at radius 1 is 1.07 bits per heavy atom. The minimum absolute atomic E-state index is 0.125. The van der Waals surface area contributed by atoms with Crippen LogP contribution in [0.1, 0.15) is 21.5 Å². The summed E-state index contributed by atoms with van der Waals surface area (Å²) in [5.74, 6) is 1.35. The normalized spacial score (nSPS) is 10.3. The molecular weight excluding hydrogens is 338 g/mol. The number of hydrogen-bond acceptors (Lipinski definition) is 4. The Kier molecular flexibility index (Phi) is 6.05. The number of aryl methyl sites for hydroxylation is 1. The number of nitrogens with one attached hydrogen (secondary N) is 2. The number of amides is 1. The standard InChI is InChI=1S/C22H23N3O2/c1-16-6-5-8-19(14-16)25-21-15-18(11-12-23-21)22(26)24-13-10-17-7-3-4-9-20(17)27-2/h3-9,11-12,14-15H,10,13H2,1-2H3,(H,23,25)(H,24,26). The molecule has 0 atom stereocenters. The molecule has 0 radical (unpaired) electrons. The predicted octanol–water partition coefficient (Wildman–Crippen LogP) is 4.11. The predicted molar refractivity (Wildman–Crippen MR) is 108 cm³/mol. The van der Waals surface area contributed by atoms with Gasteiger partial charge in [-0.1, -0.05) is 30.3 Å². The fourth-order valence-corrected chi connectivity index (χ4v) is 2.83. The maximum atomic E-state index is 12.5. The van der Waals surface area contributed by atoms with Gasteiger partial charge in [0.05, 0.1) is 7.11 Å². The first-order chi connectivity index (χ1) is 13.2. The van der Waals surface area contributed by atoms with Crippen LogP contribution in [-0.2, 0) is 6.42 Å². The zero-order valence-electron chi connectivity index (χ0n) is 15.5. The second-order valence-corrected chi connectivity index (χ2v) is 6.24. The van der Waals surface area contributed by atoms with E-state index >= 15 is 0 Å². The molecule has 1 heterocycles. The van der Waals surface area contributed by atoms with Crippen molar-refractivity contribution in [1.82, 2.24) is 10.3 Å². The van der Waals surface area contributed by atoms with E-state index in [1.54, 1.807) is 25.4 Å². The Labute approximate surface area is 159 Å². The topological polar surface area (TPSA) is 63.2 Å². The smallest absolute Gasteiger partial charge is 0.251 e. The van der Waals surface area contributed by atoms with Crippen LogP contribution in [0.3, 0.4) is 0 Å². The molecule has 0 saturated heterocycles. The zero-order valence-corrected chi connectivity index (χ0v) is 15.5. The summed E-state index contributed by atoms with van der Waals surface area (Å²) in [5, 5.41) is 6.18. The number of carbonyl (C=O) groups is 1. The Morgan fingerprint density at radius 2 is 1.93 bits per heavy atom. The minimum atomic E-state index is -0.125. The Balaban J connectivity index is 1.60. The van der Waals surface area contributed by atoms with Gasteiger partial charge in [-0.2, -0.15) is 0 Å². The third-order valence-corrected chi connectivity index (χ3v) is 4.19. The van der Waals surface area contributed by atoms with Crippen LogP contribution in [0.25, 0.3) is 0 Å². The van der Waals surface area contributed by atoms with E-state index in [1.165, 1.54) is 0 Å². The van der Waals surface area contributed by atoms with Crippen molar-refractivity contribution in [3.63, 3.8) is 0 Å². The van der Waals surface area contributed by atoms with Crippen LogP contribution < -0.4 is 15.4 Å². The van der Waals surface area contributed by atoms with Crippen molar-refractivity contribution in [2.45, 2.75) is 13.3 Å². The molecule has 3 aromatic rings. The van der Waals surface area contributed by atoms with Gasteiger partial charge in [-0.3, -0.25) is 4.79 Å². The van der Waals surface area contributed by atoms with Crippen molar-refractivity contribution in [2.75, 3.05) is 19.0 Å². The lowest BCUT2D eigenvalue weighted by Crippen LogP contribution is -2.25. The van der Waals surface area contributed by atoms with Crippen molar-refractivity contribution in [3.8, 4) is 5.75 Å². The first-order valence-corrected chi connectivity index (χ1v) is 8.85. The van der Waals surface area contributed by atoms with Gasteiger partial charge in [0, 0.05) is 24.0 Å². The number of benzene rings is 2. The average Bonchev–Trinajstić information content (AvgIpc) is 2.68. The highest BCUT2D eigenvalue weighted by Gasteiger charge is 2.08. The molecule has 0 saturated carbocycles. The molecule has 0 spiro atoms. The lowest BCUT2D eigenvalue weighted by molar-refractivity contribution is 0.0954. The Morgan fingerprint density at radius 3 is 2.74 bits per heavy atom. The number of hydrogen-bond donors (Lipinski definition) is 2. The SMILES string of the molecule is COc1ccccc1CCNC(=O)c1ccnc(Nc2cccc(C)c2)c1. The first-order valence-electron chi connectivity index (χ1n) is 8.85. The van der Waals surface area contributed by atoms with Crippen LogP contribution in [0.5, 0.6) is 5.75 Å². The molecule has 1 amide bonds. The fraction of sp³-hybridized carbons (Fsp3) is 0.182. The van der Waals surface area contributed by atoms with Crippen LogP contribution in [-0.4, -0.2) is 24.5 Å². The Hall–Kier alpha value is -3.34. The number of rotatable bonds is 7. The monoisotopic (exact) mass is 361 g/mol. The molecule has 3 rings (SSSR count). The molecule has 0 aliphatic heterocycles. The van der Waals surface area contributed by atoms with Gasteiger partial charge >= 0.3 is 0 Å². The molecule has 5 nitrogen and oxygen atoms in total. The van der Waals surface area contributed by atoms with E-state index in [0.717, 1.165) is 22.6 Å². The van der Waals surface area contributed by atoms with Gasteiger partial charge in [-0.25, -0.2) is 4.98 Å². The van der Waals surface area contributed by atoms with Crippen molar-refractivity contribution < 1.29 is 9.53 Å². The minimum Gasteiger partial charge on any atom is -0.496 e. The molecule has 5 heteroatoms. The summed E-state index contributed by atoms with van der Waals surface area (Å²) < 4.78 is 5.34. The molecule has 2 N–H and O–H groups in total. The van der Waals surface area contributed by atoms with Gasteiger partial charge in [0.25, 0.3) is 5.91 Å². The number of aromatic nitrogens is 1. The van der Waals surface area contributed by atoms with Crippen LogP contribution >= 0.6 is 0 Å². The second kappa shape index (κ2) is 8.85. The molecule has 0 fully saturated rings. The van der Waals surface area contributed by atoms with E-state index in [2.05, 4.69) is 15.6 Å². The third kappa shape index (κ3) is 5.07. The van der Waals surface area contributed by atoms with E-state index < -0.39 is 0 Å². The summed E-state index contributed by atoms with van der Waals surface area (Å²) in [6, 6.07) is 19.3. The highest BCUT2D eigenvalue weighted by molar-refractivity contribution is 5.94. The van der Waals surface area contributed by atoms with Gasteiger partial charge in [0.15, 0.2) is 0 Å². The molecule has 0 aliphatic rings. The van der Waals surface area contributed by atoms with Crippen LogP contribution in [0.4, 0.5) is 11.5 Å². The first kappa shape index (κ1) is 18.5. The van der Waals surface area contributed by atoms with E-state index in [-0.39, 0.29) is 5.91 Å². The molecule has 27 heavy (non-hydrogen) atoms. The molecule has 1 aromatic heterocycles. The molecule has 0 bridgehead atoms. The number of para-hydroxylation sites is 1. The molecule has 2 aromatic carbocycles. The van der Waals surface area contributed by atoms with Crippen molar-refractivity contribution in [1.29, 1.82) is 0 Å². The summed E-state index contributed by atoms with van der Waals surface area (Å²) in [6.45, 7) is 2.56. The van der Waals surface area contributed by atoms with Gasteiger partial charge in [0.1, 0.15) is 11.6 Å². The van der Waals surface area contributed by atoms with Crippen molar-refractivity contribution >= 4 is 17.4 Å². The van der Waals surface area contributed by atoms with Crippen molar-refractivity contribution in [3.05, 3.63) is 83.6 Å². The lowest BCUT2D eigenvalue weighted by Gasteiger charge is -2.10. The van der Waals surface area contributed by atoms with Crippen LogP contribution in [0, 0.1) is 6.92 Å². The summed E-state index contributed by atoms with van der Waals surface area (Å²) >= 11 is 0. The number of ether oxygens (including phenoxy) is 1. The largest absolute Gasteiger partial charge is 0.496 e. The Bertz CT molecular complexity index is 925. The molecule has 138 valence electrons. The third-order valence-electron chi connectivity index (χ3n) is 4.19. The van der Waals surface area contributed by atoms with Crippen LogP contribution in [0.15, 0.2) is 66.9 Å². The van der Waals surface area contributed by atoms with E-state index in [4.69, 9.17) is 4.74 Å². The van der Waals surface area contributed by atoms with Gasteiger partial charge < -0.3 is 15.4 Å². The van der Waals surface area contributed by atoms with Gasteiger partial charge in [-0.15, -0.1) is 0 Å². The van der Waals surface area contributed by atoms with Gasteiger partial charge in [0.2, 0.25) is 0 Å². The number of nitrogens with zero attached hydrogens (tertiary/aromatic N) is 1. The number of methoxy groups -OCH3 is 1. The van der Waals surface area contributed by atoms with Gasteiger partial charge in [-0.05, 0) is 54.8 Å². The number of anilines is 2. The molecular formula is C22H23N3O2. The number of carbonyl (C=O) groups excluding carboxylic acids is 1.